The maximum Gasteiger partial charge on any atom is 0.269 e. The van der Waals surface area contributed by atoms with Crippen molar-refractivity contribution >= 4 is 43.5 Å². The molecule has 0 aliphatic rings. The van der Waals surface area contributed by atoms with Gasteiger partial charge in [0, 0.05) is 14.5 Å². The number of hydrogen-bond acceptors (Lipinski definition) is 3. The van der Waals surface area contributed by atoms with E-state index in [0.29, 0.717) is 12.2 Å². The lowest BCUT2D eigenvalue weighted by Crippen LogP contribution is -2.29. The summed E-state index contributed by atoms with van der Waals surface area (Å²) in [6.07, 6.45) is 0.951. The molecule has 1 amide bonds. The van der Waals surface area contributed by atoms with Crippen LogP contribution >= 0.6 is 31.9 Å². The number of ether oxygens (including phenoxy) is 1. The highest BCUT2D eigenvalue weighted by Crippen LogP contribution is 2.29. The van der Waals surface area contributed by atoms with Crippen LogP contribution in [0.5, 0.6) is 5.75 Å². The van der Waals surface area contributed by atoms with Crippen molar-refractivity contribution in [3.05, 3.63) is 57.0 Å². The van der Waals surface area contributed by atoms with Gasteiger partial charge in [0.1, 0.15) is 5.75 Å². The van der Waals surface area contributed by atoms with Crippen LogP contribution in [-0.4, -0.2) is 12.5 Å². The summed E-state index contributed by atoms with van der Waals surface area (Å²) in [7, 11) is 0. The topological polar surface area (TPSA) is 50.4 Å². The van der Waals surface area contributed by atoms with Crippen molar-refractivity contribution in [2.75, 3.05) is 12.0 Å². The zero-order valence-corrected chi connectivity index (χ0v) is 15.2. The minimum Gasteiger partial charge on any atom is -0.494 e. The average molecular weight is 428 g/mol. The predicted octanol–water partition coefficient (Wildman–Crippen LogP) is 4.76. The Morgan fingerprint density at radius 1 is 1.09 bits per heavy atom. The Morgan fingerprint density at radius 3 is 2.32 bits per heavy atom. The third-order valence-corrected chi connectivity index (χ3v) is 4.17. The second-order valence-electron chi connectivity index (χ2n) is 4.55. The molecule has 2 N–H and O–H groups in total. The quantitative estimate of drug-likeness (QED) is 0.653. The van der Waals surface area contributed by atoms with Gasteiger partial charge in [0.25, 0.3) is 5.91 Å². The molecule has 0 fully saturated rings. The molecule has 0 atom stereocenters. The summed E-state index contributed by atoms with van der Waals surface area (Å²) in [6.45, 7) is 2.72. The normalized spacial score (nSPS) is 10.1. The predicted molar refractivity (Wildman–Crippen MR) is 95.2 cm³/mol. The average Bonchev–Trinajstić information content (AvgIpc) is 2.52. The maximum atomic E-state index is 12.1. The fourth-order valence-electron chi connectivity index (χ4n) is 1.73. The van der Waals surface area contributed by atoms with Crippen molar-refractivity contribution in [1.82, 2.24) is 5.43 Å². The van der Waals surface area contributed by atoms with Gasteiger partial charge in [-0.15, -0.1) is 0 Å². The summed E-state index contributed by atoms with van der Waals surface area (Å²) in [4.78, 5) is 12.1. The highest BCUT2D eigenvalue weighted by Gasteiger charge is 2.08. The monoisotopic (exact) mass is 426 g/mol. The molecule has 0 aromatic heterocycles. The van der Waals surface area contributed by atoms with Gasteiger partial charge in [-0.05, 0) is 74.7 Å². The maximum absolute atomic E-state index is 12.1. The van der Waals surface area contributed by atoms with Crippen LogP contribution in [0.25, 0.3) is 0 Å². The third-order valence-electron chi connectivity index (χ3n) is 2.85. The van der Waals surface area contributed by atoms with Gasteiger partial charge < -0.3 is 4.74 Å². The molecule has 2 aromatic rings. The second-order valence-corrected chi connectivity index (χ2v) is 6.26. The van der Waals surface area contributed by atoms with E-state index in [1.807, 2.05) is 25.1 Å². The number of rotatable bonds is 6. The van der Waals surface area contributed by atoms with Crippen LogP contribution in [0.4, 0.5) is 5.69 Å². The first kappa shape index (κ1) is 16.8. The standard InChI is InChI=1S/C16H16Br2N2O2/c1-2-10-22-12-8-6-11(7-9-12)16(21)20-19-15-13(17)4-3-5-14(15)18/h3-9,19H,2,10H2,1H3,(H,20,21). The zero-order chi connectivity index (χ0) is 15.9. The second kappa shape index (κ2) is 8.19. The van der Waals surface area contributed by atoms with Crippen LogP contribution < -0.4 is 15.6 Å². The summed E-state index contributed by atoms with van der Waals surface area (Å²) in [5.74, 6) is 0.546. The number of anilines is 1. The Bertz CT molecular complexity index is 625. The number of carbonyl (C=O) groups is 1. The molecule has 0 spiro atoms. The minimum atomic E-state index is -0.218. The highest BCUT2D eigenvalue weighted by atomic mass is 79.9. The number of hydrogen-bond donors (Lipinski definition) is 2. The fraction of sp³-hybridized carbons (Fsp3) is 0.188. The first-order valence-electron chi connectivity index (χ1n) is 6.85. The summed E-state index contributed by atoms with van der Waals surface area (Å²) < 4.78 is 7.20. The Labute approximate surface area is 146 Å². The van der Waals surface area contributed by atoms with Crippen molar-refractivity contribution in [1.29, 1.82) is 0 Å². The van der Waals surface area contributed by atoms with E-state index in [2.05, 4.69) is 42.7 Å². The number of carbonyl (C=O) groups excluding carboxylic acids is 1. The third kappa shape index (κ3) is 4.48. The lowest BCUT2D eigenvalue weighted by molar-refractivity contribution is 0.0962. The van der Waals surface area contributed by atoms with Crippen LogP contribution in [0.1, 0.15) is 23.7 Å². The van der Waals surface area contributed by atoms with E-state index >= 15 is 0 Å². The lowest BCUT2D eigenvalue weighted by atomic mass is 10.2. The number of halogens is 2. The molecule has 0 heterocycles. The molecule has 0 unspecified atom stereocenters. The van der Waals surface area contributed by atoms with Gasteiger partial charge in [-0.25, -0.2) is 0 Å². The molecule has 4 nitrogen and oxygen atoms in total. The van der Waals surface area contributed by atoms with E-state index in [1.165, 1.54) is 0 Å². The number of amides is 1. The van der Waals surface area contributed by atoms with Crippen LogP contribution in [0.3, 0.4) is 0 Å². The van der Waals surface area contributed by atoms with Crippen LogP contribution in [-0.2, 0) is 0 Å². The van der Waals surface area contributed by atoms with Gasteiger partial charge >= 0.3 is 0 Å². The molecule has 2 rings (SSSR count). The van der Waals surface area contributed by atoms with Gasteiger partial charge in [0.2, 0.25) is 0 Å². The van der Waals surface area contributed by atoms with Crippen molar-refractivity contribution in [2.45, 2.75) is 13.3 Å². The molecule has 116 valence electrons. The Kier molecular flexibility index (Phi) is 6.27. The Morgan fingerprint density at radius 2 is 1.73 bits per heavy atom. The Hall–Kier alpha value is -1.53. The van der Waals surface area contributed by atoms with Crippen molar-refractivity contribution in [3.8, 4) is 5.75 Å². The van der Waals surface area contributed by atoms with Crippen LogP contribution in [0, 0.1) is 0 Å². The van der Waals surface area contributed by atoms with Gasteiger partial charge in [-0.2, -0.15) is 0 Å². The first-order valence-corrected chi connectivity index (χ1v) is 8.43. The van der Waals surface area contributed by atoms with Gasteiger partial charge in [0.05, 0.1) is 12.3 Å². The smallest absolute Gasteiger partial charge is 0.269 e. The SMILES string of the molecule is CCCOc1ccc(C(=O)NNc2c(Br)cccc2Br)cc1. The number of nitrogens with one attached hydrogen (secondary N) is 2. The van der Waals surface area contributed by atoms with E-state index in [0.717, 1.165) is 26.8 Å². The first-order chi connectivity index (χ1) is 10.6. The van der Waals surface area contributed by atoms with E-state index in [1.54, 1.807) is 24.3 Å². The molecule has 0 bridgehead atoms. The summed E-state index contributed by atoms with van der Waals surface area (Å²) in [6, 6.07) is 12.7. The van der Waals surface area contributed by atoms with E-state index in [4.69, 9.17) is 4.74 Å². The van der Waals surface area contributed by atoms with Crippen molar-refractivity contribution < 1.29 is 9.53 Å². The molecule has 0 saturated heterocycles. The molecule has 2 aromatic carbocycles. The van der Waals surface area contributed by atoms with Crippen LogP contribution in [0.15, 0.2) is 51.4 Å². The van der Waals surface area contributed by atoms with Crippen molar-refractivity contribution in [3.63, 3.8) is 0 Å². The molecule has 6 heteroatoms. The van der Waals surface area contributed by atoms with Crippen molar-refractivity contribution in [2.24, 2.45) is 0 Å². The fourth-order valence-corrected chi connectivity index (χ4v) is 2.93. The van der Waals surface area contributed by atoms with E-state index < -0.39 is 0 Å². The molecular weight excluding hydrogens is 412 g/mol. The van der Waals surface area contributed by atoms with Gasteiger partial charge in [-0.1, -0.05) is 13.0 Å². The summed E-state index contributed by atoms with van der Waals surface area (Å²) in [5.41, 5.74) is 6.89. The van der Waals surface area contributed by atoms with E-state index in [9.17, 15) is 4.79 Å². The Balaban J connectivity index is 1.97. The van der Waals surface area contributed by atoms with Gasteiger partial charge in [0.15, 0.2) is 0 Å². The van der Waals surface area contributed by atoms with E-state index in [-0.39, 0.29) is 5.91 Å². The highest BCUT2D eigenvalue weighted by molar-refractivity contribution is 9.11. The minimum absolute atomic E-state index is 0.218. The van der Waals surface area contributed by atoms with Gasteiger partial charge in [-0.3, -0.25) is 15.6 Å². The lowest BCUT2D eigenvalue weighted by Gasteiger charge is -2.12. The largest absolute Gasteiger partial charge is 0.494 e. The number of benzene rings is 2. The number of hydrazine groups is 1. The zero-order valence-electron chi connectivity index (χ0n) is 12.0. The van der Waals surface area contributed by atoms with Crippen LogP contribution in [0.2, 0.25) is 0 Å². The summed E-state index contributed by atoms with van der Waals surface area (Å²) >= 11 is 6.85. The molecule has 0 saturated carbocycles. The molecule has 0 radical (unpaired) electrons. The molecule has 0 aliphatic heterocycles. The molecule has 0 aliphatic carbocycles. The summed E-state index contributed by atoms with van der Waals surface area (Å²) in [5, 5.41) is 0. The molecule has 22 heavy (non-hydrogen) atoms. The number of para-hydroxylation sites is 1. The molecular formula is C16H16Br2N2O2.